The van der Waals surface area contributed by atoms with Crippen LogP contribution in [0.15, 0.2) is 42.5 Å². The fraction of sp³-hybridized carbons (Fsp3) is 0.480. The molecular weight excluding hydrogens is 360 g/mol. The molecule has 0 saturated carbocycles. The van der Waals surface area contributed by atoms with Crippen LogP contribution in [-0.2, 0) is 6.42 Å². The highest BCUT2D eigenvalue weighted by atomic mass is 16.5. The molecule has 0 unspecified atom stereocenters. The number of ether oxygens (including phenoxy) is 1. The number of carbonyl (C=O) groups excluding carboxylic acids is 1. The Hall–Kier alpha value is -2.49. The largest absolute Gasteiger partial charge is 0.497 e. The first kappa shape index (κ1) is 19.8. The summed E-state index contributed by atoms with van der Waals surface area (Å²) in [6.45, 7) is 5.91. The minimum Gasteiger partial charge on any atom is -0.497 e. The van der Waals surface area contributed by atoms with Crippen LogP contribution in [0.5, 0.6) is 5.75 Å². The number of hydrogen-bond acceptors (Lipinski definition) is 3. The molecule has 4 nitrogen and oxygen atoms in total. The summed E-state index contributed by atoms with van der Waals surface area (Å²) in [5, 5.41) is 0. The lowest BCUT2D eigenvalue weighted by molar-refractivity contribution is 0.0691. The van der Waals surface area contributed by atoms with E-state index in [2.05, 4.69) is 47.1 Å². The third kappa shape index (κ3) is 4.58. The van der Waals surface area contributed by atoms with E-state index in [1.165, 1.54) is 18.4 Å². The van der Waals surface area contributed by atoms with E-state index >= 15 is 0 Å². The summed E-state index contributed by atoms with van der Waals surface area (Å²) in [5.74, 6) is 1.75. The van der Waals surface area contributed by atoms with Gasteiger partial charge in [-0.3, -0.25) is 4.79 Å². The molecule has 2 fully saturated rings. The average Bonchev–Trinajstić information content (AvgIpc) is 3.29. The van der Waals surface area contributed by atoms with Crippen molar-refractivity contribution >= 4 is 11.6 Å². The lowest BCUT2D eigenvalue weighted by atomic mass is 9.90. The second kappa shape index (κ2) is 8.89. The zero-order valence-electron chi connectivity index (χ0n) is 17.7. The average molecular weight is 393 g/mol. The number of likely N-dealkylation sites (tertiary alicyclic amines) is 1. The Bertz CT molecular complexity index is 832. The molecule has 29 heavy (non-hydrogen) atoms. The number of hydrogen-bond donors (Lipinski definition) is 0. The zero-order chi connectivity index (χ0) is 20.2. The summed E-state index contributed by atoms with van der Waals surface area (Å²) in [5.41, 5.74) is 4.52. The second-order valence-electron chi connectivity index (χ2n) is 8.50. The molecule has 4 rings (SSSR count). The molecule has 2 aromatic carbocycles. The molecule has 0 spiro atoms. The van der Waals surface area contributed by atoms with Crippen molar-refractivity contribution in [3.63, 3.8) is 0 Å². The number of methoxy groups -OCH3 is 1. The standard InChI is InChI=1S/C25H32N2O2/c1-19-5-10-24(26-13-3-4-14-26)23(17-19)25(28)27-15-11-21(12-16-27)18-20-6-8-22(29-2)9-7-20/h5-10,17,21H,3-4,11-16,18H2,1-2H3. The Kier molecular flexibility index (Phi) is 6.08. The molecule has 0 atom stereocenters. The Balaban J connectivity index is 1.39. The molecule has 154 valence electrons. The molecular formula is C25H32N2O2. The quantitative estimate of drug-likeness (QED) is 0.739. The molecule has 0 N–H and O–H groups in total. The van der Waals surface area contributed by atoms with Gasteiger partial charge in [-0.2, -0.15) is 0 Å². The maximum Gasteiger partial charge on any atom is 0.255 e. The van der Waals surface area contributed by atoms with Crippen molar-refractivity contribution in [2.75, 3.05) is 38.2 Å². The number of benzene rings is 2. The van der Waals surface area contributed by atoms with Crippen molar-refractivity contribution in [1.29, 1.82) is 0 Å². The van der Waals surface area contributed by atoms with Crippen LogP contribution in [0.25, 0.3) is 0 Å². The van der Waals surface area contributed by atoms with E-state index in [1.807, 2.05) is 12.1 Å². The highest BCUT2D eigenvalue weighted by Gasteiger charge is 2.27. The fourth-order valence-corrected chi connectivity index (χ4v) is 4.66. The van der Waals surface area contributed by atoms with Crippen LogP contribution >= 0.6 is 0 Å². The number of aryl methyl sites for hydroxylation is 1. The number of anilines is 1. The van der Waals surface area contributed by atoms with Gasteiger partial charge in [0.15, 0.2) is 0 Å². The molecule has 2 aliphatic heterocycles. The third-order valence-corrected chi connectivity index (χ3v) is 6.41. The molecule has 2 aliphatic rings. The van der Waals surface area contributed by atoms with Gasteiger partial charge in [0.05, 0.1) is 12.7 Å². The minimum atomic E-state index is 0.207. The van der Waals surface area contributed by atoms with Gasteiger partial charge in [0.1, 0.15) is 5.75 Å². The topological polar surface area (TPSA) is 32.8 Å². The lowest BCUT2D eigenvalue weighted by Gasteiger charge is -2.33. The van der Waals surface area contributed by atoms with Crippen LogP contribution in [0.2, 0.25) is 0 Å². The first-order valence-electron chi connectivity index (χ1n) is 10.9. The van der Waals surface area contributed by atoms with Gasteiger partial charge in [-0.05, 0) is 74.8 Å². The maximum atomic E-state index is 13.4. The summed E-state index contributed by atoms with van der Waals surface area (Å²) in [6.07, 6.45) is 5.66. The van der Waals surface area contributed by atoms with Crippen molar-refractivity contribution < 1.29 is 9.53 Å². The third-order valence-electron chi connectivity index (χ3n) is 6.41. The summed E-state index contributed by atoms with van der Waals surface area (Å²) in [6, 6.07) is 14.7. The minimum absolute atomic E-state index is 0.207. The maximum absolute atomic E-state index is 13.4. The first-order valence-corrected chi connectivity index (χ1v) is 10.9. The van der Waals surface area contributed by atoms with Gasteiger partial charge in [-0.25, -0.2) is 0 Å². The van der Waals surface area contributed by atoms with Crippen LogP contribution in [0.4, 0.5) is 5.69 Å². The number of nitrogens with zero attached hydrogens (tertiary/aromatic N) is 2. The van der Waals surface area contributed by atoms with Crippen molar-refractivity contribution in [2.24, 2.45) is 5.92 Å². The van der Waals surface area contributed by atoms with E-state index in [4.69, 9.17) is 4.74 Å². The fourth-order valence-electron chi connectivity index (χ4n) is 4.66. The molecule has 0 aromatic heterocycles. The van der Waals surface area contributed by atoms with E-state index in [-0.39, 0.29) is 5.91 Å². The lowest BCUT2D eigenvalue weighted by Crippen LogP contribution is -2.39. The normalized spacial score (nSPS) is 17.6. The van der Waals surface area contributed by atoms with Gasteiger partial charge < -0.3 is 14.5 Å². The SMILES string of the molecule is COc1ccc(CC2CCN(C(=O)c3cc(C)ccc3N3CCCC3)CC2)cc1. The van der Waals surface area contributed by atoms with Crippen LogP contribution in [0, 0.1) is 12.8 Å². The number of rotatable bonds is 5. The van der Waals surface area contributed by atoms with Crippen LogP contribution in [0.1, 0.15) is 47.2 Å². The second-order valence-corrected chi connectivity index (χ2v) is 8.50. The molecule has 2 aromatic rings. The number of piperidine rings is 1. The summed E-state index contributed by atoms with van der Waals surface area (Å²) >= 11 is 0. The number of amides is 1. The van der Waals surface area contributed by atoms with E-state index in [1.54, 1.807) is 7.11 Å². The van der Waals surface area contributed by atoms with E-state index in [0.717, 1.165) is 68.0 Å². The van der Waals surface area contributed by atoms with Crippen LogP contribution < -0.4 is 9.64 Å². The Morgan fingerprint density at radius 2 is 1.69 bits per heavy atom. The molecule has 0 bridgehead atoms. The summed E-state index contributed by atoms with van der Waals surface area (Å²) in [7, 11) is 1.70. The van der Waals surface area contributed by atoms with Crippen molar-refractivity contribution in [3.05, 3.63) is 59.2 Å². The van der Waals surface area contributed by atoms with Gasteiger partial charge in [0.25, 0.3) is 5.91 Å². The van der Waals surface area contributed by atoms with E-state index in [9.17, 15) is 4.79 Å². The van der Waals surface area contributed by atoms with E-state index in [0.29, 0.717) is 5.92 Å². The molecule has 2 saturated heterocycles. The monoisotopic (exact) mass is 392 g/mol. The van der Waals surface area contributed by atoms with Gasteiger partial charge in [-0.1, -0.05) is 23.8 Å². The predicted molar refractivity (Wildman–Crippen MR) is 118 cm³/mol. The van der Waals surface area contributed by atoms with Gasteiger partial charge in [-0.15, -0.1) is 0 Å². The van der Waals surface area contributed by atoms with Crippen LogP contribution in [-0.4, -0.2) is 44.1 Å². The molecule has 0 radical (unpaired) electrons. The van der Waals surface area contributed by atoms with Crippen molar-refractivity contribution in [1.82, 2.24) is 4.90 Å². The molecule has 4 heteroatoms. The van der Waals surface area contributed by atoms with Gasteiger partial charge in [0, 0.05) is 31.9 Å². The molecule has 1 amide bonds. The smallest absolute Gasteiger partial charge is 0.255 e. The Labute approximate surface area is 174 Å². The molecule has 2 heterocycles. The van der Waals surface area contributed by atoms with Crippen molar-refractivity contribution in [2.45, 2.75) is 39.0 Å². The molecule has 0 aliphatic carbocycles. The zero-order valence-corrected chi connectivity index (χ0v) is 17.7. The summed E-state index contributed by atoms with van der Waals surface area (Å²) < 4.78 is 5.25. The Morgan fingerprint density at radius 3 is 2.34 bits per heavy atom. The highest BCUT2D eigenvalue weighted by molar-refractivity contribution is 6.00. The highest BCUT2D eigenvalue weighted by Crippen LogP contribution is 2.29. The number of carbonyl (C=O) groups is 1. The predicted octanol–water partition coefficient (Wildman–Crippen LogP) is 4.70. The first-order chi connectivity index (χ1) is 14.1. The van der Waals surface area contributed by atoms with Gasteiger partial charge in [0.2, 0.25) is 0 Å². The van der Waals surface area contributed by atoms with Gasteiger partial charge >= 0.3 is 0 Å². The Morgan fingerprint density at radius 1 is 1.00 bits per heavy atom. The van der Waals surface area contributed by atoms with E-state index < -0.39 is 0 Å². The summed E-state index contributed by atoms with van der Waals surface area (Å²) in [4.78, 5) is 17.8. The van der Waals surface area contributed by atoms with Crippen molar-refractivity contribution in [3.8, 4) is 5.75 Å². The van der Waals surface area contributed by atoms with Crippen LogP contribution in [0.3, 0.4) is 0 Å².